The van der Waals surface area contributed by atoms with Crippen molar-refractivity contribution in [3.63, 3.8) is 0 Å². The molecule has 3 aromatic rings. The van der Waals surface area contributed by atoms with Crippen molar-refractivity contribution in [3.05, 3.63) is 93.6 Å². The van der Waals surface area contributed by atoms with Gasteiger partial charge in [0.1, 0.15) is 12.6 Å². The second-order valence-corrected chi connectivity index (χ2v) is 12.4. The maximum atomic E-state index is 14.1. The Bertz CT molecular complexity index is 1350. The Hall–Kier alpha value is -2.92. The molecule has 0 aromatic heterocycles. The number of hydrogen-bond acceptors (Lipinski definition) is 4. The predicted molar refractivity (Wildman–Crippen MR) is 164 cm³/mol. The smallest absolute Gasteiger partial charge is 0.264 e. The van der Waals surface area contributed by atoms with Crippen LogP contribution in [-0.4, -0.2) is 44.3 Å². The zero-order chi connectivity index (χ0) is 28.4. The number of rotatable bonds is 13. The van der Waals surface area contributed by atoms with Crippen LogP contribution in [0.1, 0.15) is 44.2 Å². The van der Waals surface area contributed by atoms with Crippen molar-refractivity contribution in [2.24, 2.45) is 0 Å². The van der Waals surface area contributed by atoms with Gasteiger partial charge in [-0.2, -0.15) is 0 Å². The summed E-state index contributed by atoms with van der Waals surface area (Å²) < 4.78 is 29.7. The number of aryl methyl sites for hydroxylation is 1. The van der Waals surface area contributed by atoms with Crippen LogP contribution in [0.4, 0.5) is 5.69 Å². The fraction of sp³-hybridized carbons (Fsp3) is 0.333. The molecule has 3 rings (SSSR count). The van der Waals surface area contributed by atoms with Crippen LogP contribution in [0.3, 0.4) is 0 Å². The summed E-state index contributed by atoms with van der Waals surface area (Å²) in [7, 11) is -4.06. The summed E-state index contributed by atoms with van der Waals surface area (Å²) in [6.45, 7) is 6.14. The van der Waals surface area contributed by atoms with E-state index < -0.39 is 28.5 Å². The zero-order valence-corrected chi connectivity index (χ0v) is 25.6. The van der Waals surface area contributed by atoms with Crippen LogP contribution in [0.15, 0.2) is 83.8 Å². The summed E-state index contributed by atoms with van der Waals surface area (Å²) in [6.07, 6.45) is 2.17. The molecule has 208 valence electrons. The van der Waals surface area contributed by atoms with E-state index in [0.717, 1.165) is 31.8 Å². The van der Waals surface area contributed by atoms with Gasteiger partial charge < -0.3 is 10.2 Å². The molecular formula is C30H36IN3O4S. The van der Waals surface area contributed by atoms with E-state index in [1.54, 1.807) is 42.5 Å². The first kappa shape index (κ1) is 30.6. The fourth-order valence-electron chi connectivity index (χ4n) is 4.25. The third-order valence-electron chi connectivity index (χ3n) is 6.54. The Morgan fingerprint density at radius 3 is 2.18 bits per heavy atom. The number of halogens is 1. The largest absolute Gasteiger partial charge is 0.354 e. The monoisotopic (exact) mass is 661 g/mol. The minimum absolute atomic E-state index is 0.0890. The van der Waals surface area contributed by atoms with Gasteiger partial charge in [0.2, 0.25) is 11.8 Å². The van der Waals surface area contributed by atoms with Gasteiger partial charge in [-0.1, -0.05) is 62.7 Å². The Labute approximate surface area is 245 Å². The fourth-order valence-corrected chi connectivity index (χ4v) is 6.05. The van der Waals surface area contributed by atoms with Gasteiger partial charge in [0.15, 0.2) is 0 Å². The van der Waals surface area contributed by atoms with Crippen molar-refractivity contribution >= 4 is 50.1 Å². The lowest BCUT2D eigenvalue weighted by Gasteiger charge is -2.33. The minimum atomic E-state index is -4.06. The van der Waals surface area contributed by atoms with Crippen LogP contribution in [0, 0.1) is 10.5 Å². The first-order valence-electron chi connectivity index (χ1n) is 13.1. The maximum Gasteiger partial charge on any atom is 0.264 e. The van der Waals surface area contributed by atoms with E-state index >= 15 is 0 Å². The second kappa shape index (κ2) is 14.5. The van der Waals surface area contributed by atoms with Gasteiger partial charge in [-0.3, -0.25) is 13.9 Å². The summed E-state index contributed by atoms with van der Waals surface area (Å²) in [4.78, 5) is 28.9. The van der Waals surface area contributed by atoms with Gasteiger partial charge >= 0.3 is 0 Å². The topological polar surface area (TPSA) is 86.8 Å². The first-order valence-corrected chi connectivity index (χ1v) is 15.7. The van der Waals surface area contributed by atoms with E-state index in [9.17, 15) is 18.0 Å². The average molecular weight is 662 g/mol. The van der Waals surface area contributed by atoms with Crippen molar-refractivity contribution in [2.45, 2.75) is 57.5 Å². The molecule has 0 aliphatic carbocycles. The third kappa shape index (κ3) is 8.04. The van der Waals surface area contributed by atoms with Gasteiger partial charge in [-0.15, -0.1) is 0 Å². The lowest BCUT2D eigenvalue weighted by atomic mass is 10.1. The molecule has 1 unspecified atom stereocenters. The lowest BCUT2D eigenvalue weighted by Crippen LogP contribution is -2.52. The van der Waals surface area contributed by atoms with Crippen LogP contribution in [0.2, 0.25) is 0 Å². The standard InChI is InChI=1S/C30H36IN3O4S/c1-4-6-20-32-30(36)28(5-2)33(21-24-13-11-10-12-23(24)3)29(35)22-34(26-18-16-25(31)17-19-26)39(37,38)27-14-8-7-9-15-27/h7-19,28H,4-6,20-22H2,1-3H3,(H,32,36). The molecule has 3 aromatic carbocycles. The number of nitrogens with zero attached hydrogens (tertiary/aromatic N) is 2. The van der Waals surface area contributed by atoms with Crippen molar-refractivity contribution in [1.29, 1.82) is 0 Å². The van der Waals surface area contributed by atoms with E-state index in [1.165, 1.54) is 17.0 Å². The highest BCUT2D eigenvalue weighted by molar-refractivity contribution is 14.1. The normalized spacial score (nSPS) is 12.0. The van der Waals surface area contributed by atoms with E-state index in [-0.39, 0.29) is 17.3 Å². The van der Waals surface area contributed by atoms with Crippen LogP contribution < -0.4 is 9.62 Å². The highest BCUT2D eigenvalue weighted by Gasteiger charge is 2.33. The Morgan fingerprint density at radius 2 is 1.56 bits per heavy atom. The lowest BCUT2D eigenvalue weighted by molar-refractivity contribution is -0.140. The van der Waals surface area contributed by atoms with Crippen LogP contribution >= 0.6 is 22.6 Å². The summed E-state index contributed by atoms with van der Waals surface area (Å²) in [5.41, 5.74) is 2.27. The van der Waals surface area contributed by atoms with E-state index in [4.69, 9.17) is 0 Å². The number of unbranched alkanes of at least 4 members (excludes halogenated alkanes) is 1. The SMILES string of the molecule is CCCCNC(=O)C(CC)N(Cc1ccccc1C)C(=O)CN(c1ccc(I)cc1)S(=O)(=O)c1ccccc1. The number of carbonyl (C=O) groups is 2. The molecule has 7 nitrogen and oxygen atoms in total. The number of amides is 2. The van der Waals surface area contributed by atoms with Gasteiger partial charge in [0, 0.05) is 16.7 Å². The number of hydrogen-bond donors (Lipinski definition) is 1. The number of carbonyl (C=O) groups excluding carboxylic acids is 2. The average Bonchev–Trinajstić information content (AvgIpc) is 2.93. The summed E-state index contributed by atoms with van der Waals surface area (Å²) in [5, 5.41) is 2.95. The number of benzene rings is 3. The Morgan fingerprint density at radius 1 is 0.923 bits per heavy atom. The van der Waals surface area contributed by atoms with Gasteiger partial charge in [0.05, 0.1) is 10.6 Å². The van der Waals surface area contributed by atoms with Crippen molar-refractivity contribution in [1.82, 2.24) is 10.2 Å². The molecule has 0 saturated heterocycles. The van der Waals surface area contributed by atoms with Crippen molar-refractivity contribution in [3.8, 4) is 0 Å². The third-order valence-corrected chi connectivity index (χ3v) is 9.05. The second-order valence-electron chi connectivity index (χ2n) is 9.32. The highest BCUT2D eigenvalue weighted by atomic mass is 127. The van der Waals surface area contributed by atoms with Crippen LogP contribution in [-0.2, 0) is 26.2 Å². The molecule has 1 atom stereocenters. The van der Waals surface area contributed by atoms with Crippen molar-refractivity contribution < 1.29 is 18.0 Å². The summed E-state index contributed by atoms with van der Waals surface area (Å²) in [5.74, 6) is -0.687. The van der Waals surface area contributed by atoms with E-state index in [1.807, 2.05) is 45.0 Å². The van der Waals surface area contributed by atoms with Crippen LogP contribution in [0.25, 0.3) is 0 Å². The molecule has 0 radical (unpaired) electrons. The molecule has 0 bridgehead atoms. The molecule has 0 heterocycles. The summed E-state index contributed by atoms with van der Waals surface area (Å²) >= 11 is 2.15. The highest BCUT2D eigenvalue weighted by Crippen LogP contribution is 2.26. The molecule has 0 aliphatic heterocycles. The minimum Gasteiger partial charge on any atom is -0.354 e. The number of sulfonamides is 1. The number of nitrogens with one attached hydrogen (secondary N) is 1. The summed E-state index contributed by atoms with van der Waals surface area (Å²) in [6, 6.07) is 22.0. The van der Waals surface area contributed by atoms with Crippen LogP contribution in [0.5, 0.6) is 0 Å². The molecule has 9 heteroatoms. The molecule has 0 spiro atoms. The molecule has 0 aliphatic rings. The molecule has 2 amide bonds. The molecule has 1 N–H and O–H groups in total. The Balaban J connectivity index is 2.02. The number of anilines is 1. The molecule has 0 fully saturated rings. The van der Waals surface area contributed by atoms with E-state index in [2.05, 4.69) is 27.9 Å². The molecular weight excluding hydrogens is 625 g/mol. The van der Waals surface area contributed by atoms with Gasteiger partial charge in [0.25, 0.3) is 10.0 Å². The quantitative estimate of drug-likeness (QED) is 0.193. The first-order chi connectivity index (χ1) is 18.7. The van der Waals surface area contributed by atoms with E-state index in [0.29, 0.717) is 18.7 Å². The predicted octanol–water partition coefficient (Wildman–Crippen LogP) is 5.52. The maximum absolute atomic E-state index is 14.1. The van der Waals surface area contributed by atoms with Crippen molar-refractivity contribution in [2.75, 3.05) is 17.4 Å². The molecule has 39 heavy (non-hydrogen) atoms. The zero-order valence-electron chi connectivity index (χ0n) is 22.6. The molecule has 0 saturated carbocycles. The Kier molecular flexibility index (Phi) is 11.4. The van der Waals surface area contributed by atoms with Gasteiger partial charge in [-0.05, 0) is 89.9 Å². The van der Waals surface area contributed by atoms with Gasteiger partial charge in [-0.25, -0.2) is 8.42 Å².